The van der Waals surface area contributed by atoms with Crippen molar-refractivity contribution in [2.24, 2.45) is 5.73 Å². The van der Waals surface area contributed by atoms with Gasteiger partial charge in [-0.1, -0.05) is 11.8 Å². The molecule has 5 nitrogen and oxygen atoms in total. The number of nitrogens with two attached hydrogens (primary N) is 1. The lowest BCUT2D eigenvalue weighted by Crippen LogP contribution is -2.40. The average Bonchev–Trinajstić information content (AvgIpc) is 2.77. The molecule has 2 N–H and O–H groups in total. The van der Waals surface area contributed by atoms with Gasteiger partial charge >= 0.3 is 0 Å². The number of rotatable bonds is 2. The summed E-state index contributed by atoms with van der Waals surface area (Å²) in [4.78, 5) is 26.4. The summed E-state index contributed by atoms with van der Waals surface area (Å²) in [7, 11) is 0. The van der Waals surface area contributed by atoms with Crippen LogP contribution in [0.25, 0.3) is 0 Å². The van der Waals surface area contributed by atoms with Gasteiger partial charge in [0.25, 0.3) is 5.24 Å². The van der Waals surface area contributed by atoms with Gasteiger partial charge in [0.15, 0.2) is 0 Å². The van der Waals surface area contributed by atoms with E-state index in [1.54, 1.807) is 9.80 Å². The number of halogens is 1. The first-order chi connectivity index (χ1) is 7.16. The summed E-state index contributed by atoms with van der Waals surface area (Å²) in [5.74, 6) is 0.824. The van der Waals surface area contributed by atoms with Crippen molar-refractivity contribution in [1.29, 1.82) is 0 Å². The Morgan fingerprint density at radius 2 is 2.25 bits per heavy atom. The molecule has 2 heterocycles. The molecular formula is C9H16ClN3O2S. The lowest BCUT2D eigenvalue weighted by molar-refractivity contribution is -0.130. The second-order valence-corrected chi connectivity index (χ2v) is 4.97. The van der Waals surface area contributed by atoms with Crippen LogP contribution in [0, 0.1) is 0 Å². The third-order valence-electron chi connectivity index (χ3n) is 2.75. The van der Waals surface area contributed by atoms with E-state index in [-0.39, 0.29) is 36.1 Å². The lowest BCUT2D eigenvalue weighted by atomic mass is 10.3. The Labute approximate surface area is 105 Å². The maximum Gasteiger partial charge on any atom is 0.282 e. The fourth-order valence-electron chi connectivity index (χ4n) is 1.85. The molecule has 1 atom stereocenters. The molecule has 0 radical (unpaired) electrons. The van der Waals surface area contributed by atoms with E-state index in [0.29, 0.717) is 13.1 Å². The van der Waals surface area contributed by atoms with Crippen LogP contribution < -0.4 is 5.73 Å². The van der Waals surface area contributed by atoms with E-state index in [9.17, 15) is 9.59 Å². The normalized spacial score (nSPS) is 24.8. The smallest absolute Gasteiger partial charge is 0.282 e. The highest BCUT2D eigenvalue weighted by Crippen LogP contribution is 2.17. The zero-order valence-corrected chi connectivity index (χ0v) is 10.6. The van der Waals surface area contributed by atoms with Crippen LogP contribution in [0.4, 0.5) is 4.79 Å². The monoisotopic (exact) mass is 265 g/mol. The number of nitrogens with zero attached hydrogens (tertiary/aromatic N) is 2. The van der Waals surface area contributed by atoms with Crippen LogP contribution in [0.3, 0.4) is 0 Å². The number of amides is 2. The second kappa shape index (κ2) is 5.75. The number of thioether (sulfide) groups is 1. The van der Waals surface area contributed by atoms with Crippen molar-refractivity contribution in [3.8, 4) is 0 Å². The molecule has 0 aromatic carbocycles. The molecule has 2 fully saturated rings. The highest BCUT2D eigenvalue weighted by molar-refractivity contribution is 8.13. The molecule has 2 aliphatic heterocycles. The third kappa shape index (κ3) is 3.02. The summed E-state index contributed by atoms with van der Waals surface area (Å²) >= 11 is 1.28. The Balaban J connectivity index is 0.00000128. The van der Waals surface area contributed by atoms with Crippen molar-refractivity contribution < 1.29 is 9.59 Å². The summed E-state index contributed by atoms with van der Waals surface area (Å²) < 4.78 is 0. The second-order valence-electron chi connectivity index (χ2n) is 3.92. The molecule has 0 saturated carbocycles. The highest BCUT2D eigenvalue weighted by Gasteiger charge is 2.28. The number of carbonyl (C=O) groups is 2. The Morgan fingerprint density at radius 3 is 2.75 bits per heavy atom. The third-order valence-corrected chi connectivity index (χ3v) is 3.64. The molecule has 92 valence electrons. The molecule has 0 aliphatic carbocycles. The quantitative estimate of drug-likeness (QED) is 0.771. The Morgan fingerprint density at radius 1 is 1.50 bits per heavy atom. The van der Waals surface area contributed by atoms with Crippen molar-refractivity contribution in [3.63, 3.8) is 0 Å². The molecular weight excluding hydrogens is 250 g/mol. The van der Waals surface area contributed by atoms with Gasteiger partial charge in [-0.15, -0.1) is 12.4 Å². The molecule has 0 aromatic heterocycles. The van der Waals surface area contributed by atoms with Crippen molar-refractivity contribution in [2.45, 2.75) is 12.5 Å². The van der Waals surface area contributed by atoms with E-state index in [4.69, 9.17) is 5.73 Å². The van der Waals surface area contributed by atoms with Gasteiger partial charge in [0.1, 0.15) is 6.54 Å². The number of hydrogen-bond acceptors (Lipinski definition) is 4. The molecule has 2 aliphatic rings. The van der Waals surface area contributed by atoms with Crippen LogP contribution in [0.15, 0.2) is 0 Å². The van der Waals surface area contributed by atoms with Crippen LogP contribution in [-0.4, -0.2) is 58.9 Å². The number of carbonyl (C=O) groups excluding carboxylic acids is 2. The van der Waals surface area contributed by atoms with Gasteiger partial charge in [-0.05, 0) is 6.42 Å². The van der Waals surface area contributed by atoms with Crippen molar-refractivity contribution in [1.82, 2.24) is 9.80 Å². The van der Waals surface area contributed by atoms with Gasteiger partial charge < -0.3 is 15.5 Å². The van der Waals surface area contributed by atoms with Crippen LogP contribution in [-0.2, 0) is 4.79 Å². The largest absolute Gasteiger partial charge is 0.340 e. The van der Waals surface area contributed by atoms with Crippen LogP contribution in [0.1, 0.15) is 6.42 Å². The minimum absolute atomic E-state index is 0. The van der Waals surface area contributed by atoms with Crippen molar-refractivity contribution >= 4 is 35.3 Å². The van der Waals surface area contributed by atoms with Gasteiger partial charge in [0.2, 0.25) is 5.91 Å². The maximum absolute atomic E-state index is 11.8. The molecule has 2 amide bonds. The summed E-state index contributed by atoms with van der Waals surface area (Å²) in [6, 6.07) is 0.109. The van der Waals surface area contributed by atoms with E-state index in [0.717, 1.165) is 18.7 Å². The first-order valence-electron chi connectivity index (χ1n) is 5.12. The average molecular weight is 266 g/mol. The van der Waals surface area contributed by atoms with Crippen LogP contribution in [0.5, 0.6) is 0 Å². The minimum atomic E-state index is 0. The van der Waals surface area contributed by atoms with E-state index >= 15 is 0 Å². The first kappa shape index (κ1) is 13.6. The van der Waals surface area contributed by atoms with Crippen molar-refractivity contribution in [3.05, 3.63) is 0 Å². The standard InChI is InChI=1S/C9H15N3O2S.ClH/c10-7-1-2-11(5-7)8(13)6-12-3-4-15-9(12)14;/h7H,1-6,10H2;1H/t7-;/m1./s1. The summed E-state index contributed by atoms with van der Waals surface area (Å²) in [5, 5.41) is 0.0202. The Hall–Kier alpha value is -0.460. The topological polar surface area (TPSA) is 66.6 Å². The highest BCUT2D eigenvalue weighted by atomic mass is 35.5. The molecule has 7 heteroatoms. The van der Waals surface area contributed by atoms with Gasteiger partial charge in [-0.25, -0.2) is 0 Å². The SMILES string of the molecule is Cl.N[C@@H]1CCN(C(=O)CN2CCSC2=O)C1. The van der Waals surface area contributed by atoms with Gasteiger partial charge in [-0.3, -0.25) is 9.59 Å². The van der Waals surface area contributed by atoms with Gasteiger partial charge in [0, 0.05) is 31.4 Å². The number of likely N-dealkylation sites (tertiary alicyclic amines) is 1. The number of hydrogen-bond donors (Lipinski definition) is 1. The summed E-state index contributed by atoms with van der Waals surface area (Å²) in [6.45, 7) is 2.27. The predicted octanol–water partition coefficient (Wildman–Crippen LogP) is 0.137. The Kier molecular flexibility index (Phi) is 4.89. The molecule has 2 rings (SSSR count). The summed E-state index contributed by atoms with van der Waals surface area (Å²) in [6.07, 6.45) is 0.869. The zero-order valence-electron chi connectivity index (χ0n) is 8.92. The fraction of sp³-hybridized carbons (Fsp3) is 0.778. The molecule has 0 aromatic rings. The van der Waals surface area contributed by atoms with Crippen molar-refractivity contribution in [2.75, 3.05) is 31.9 Å². The van der Waals surface area contributed by atoms with E-state index in [1.807, 2.05) is 0 Å². The van der Waals surface area contributed by atoms with Gasteiger partial charge in [0.05, 0.1) is 0 Å². The zero-order chi connectivity index (χ0) is 10.8. The van der Waals surface area contributed by atoms with Crippen LogP contribution >= 0.6 is 24.2 Å². The molecule has 16 heavy (non-hydrogen) atoms. The maximum atomic E-state index is 11.8. The van der Waals surface area contributed by atoms with Gasteiger partial charge in [-0.2, -0.15) is 0 Å². The predicted molar refractivity (Wildman–Crippen MR) is 65.8 cm³/mol. The minimum Gasteiger partial charge on any atom is -0.340 e. The molecule has 0 bridgehead atoms. The summed E-state index contributed by atoms with van der Waals surface area (Å²) in [5.41, 5.74) is 5.72. The Bertz CT molecular complexity index is 290. The molecule has 2 saturated heterocycles. The molecule has 0 unspecified atom stereocenters. The van der Waals surface area contributed by atoms with Crippen LogP contribution in [0.2, 0.25) is 0 Å². The fourth-order valence-corrected chi connectivity index (χ4v) is 2.67. The van der Waals surface area contributed by atoms with E-state index < -0.39 is 0 Å². The first-order valence-corrected chi connectivity index (χ1v) is 6.10. The lowest BCUT2D eigenvalue weighted by Gasteiger charge is -2.20. The van der Waals surface area contributed by atoms with E-state index in [1.165, 1.54) is 11.8 Å². The van der Waals surface area contributed by atoms with E-state index in [2.05, 4.69) is 0 Å². The molecule has 0 spiro atoms.